The van der Waals surface area contributed by atoms with Crippen LogP contribution >= 0.6 is 0 Å². The monoisotopic (exact) mass is 584 g/mol. The molecule has 2 atom stereocenters. The Morgan fingerprint density at radius 3 is 1.32 bits per heavy atom. The first-order chi connectivity index (χ1) is 17.6. The minimum Gasteiger partial charge on any atom is -1.00 e. The van der Waals surface area contributed by atoms with E-state index in [-0.39, 0.29) is 44.0 Å². The molecule has 4 heteroatoms. The first-order valence-corrected chi connectivity index (χ1v) is 17.9. The molecule has 1 heterocycles. The topological polar surface area (TPSA) is 0 Å². The summed E-state index contributed by atoms with van der Waals surface area (Å²) in [6.45, 7) is 5.35. The maximum atomic E-state index is 2.68. The summed E-state index contributed by atoms with van der Waals surface area (Å²) in [7, 11) is -1.89. The zero-order valence-electron chi connectivity index (χ0n) is 21.7. The van der Waals surface area contributed by atoms with Crippen LogP contribution in [0.1, 0.15) is 41.8 Å². The van der Waals surface area contributed by atoms with E-state index in [9.17, 15) is 0 Å². The zero-order valence-corrected chi connectivity index (χ0v) is 25.8. The minimum atomic E-state index is -1.89. The predicted molar refractivity (Wildman–Crippen MR) is 150 cm³/mol. The first-order valence-electron chi connectivity index (χ1n) is 13.1. The van der Waals surface area contributed by atoms with Crippen molar-refractivity contribution in [1.29, 1.82) is 0 Å². The molecular weight excluding hydrogens is 555 g/mol. The van der Waals surface area contributed by atoms with Crippen molar-refractivity contribution < 1.29 is 44.0 Å². The fraction of sp³-hybridized carbons (Fsp3) is 0.176. The van der Waals surface area contributed by atoms with Gasteiger partial charge in [-0.2, -0.15) is 0 Å². The van der Waals surface area contributed by atoms with Crippen LogP contribution in [0.2, 0.25) is 13.1 Å². The van der Waals surface area contributed by atoms with Crippen LogP contribution in [0.15, 0.2) is 120 Å². The maximum absolute atomic E-state index is 2.68. The Morgan fingerprint density at radius 2 is 0.895 bits per heavy atom. The van der Waals surface area contributed by atoms with Gasteiger partial charge in [0.2, 0.25) is 0 Å². The molecule has 1 fully saturated rings. The molecule has 0 amide bonds. The Balaban J connectivity index is 0.00000147. The van der Waals surface area contributed by atoms with Crippen molar-refractivity contribution in [3.05, 3.63) is 153 Å². The van der Waals surface area contributed by atoms with Gasteiger partial charge in [0.25, 0.3) is 0 Å². The van der Waals surface area contributed by atoms with E-state index in [0.717, 1.165) is 12.8 Å². The van der Waals surface area contributed by atoms with Crippen LogP contribution in [0.4, 0.5) is 0 Å². The maximum Gasteiger partial charge on any atom is -1.00 e. The molecule has 4 aromatic carbocycles. The van der Waals surface area contributed by atoms with Gasteiger partial charge in [0.05, 0.1) is 0 Å². The van der Waals surface area contributed by atoms with Crippen molar-refractivity contribution in [2.75, 3.05) is 0 Å². The smallest absolute Gasteiger partial charge is 1.00 e. The summed E-state index contributed by atoms with van der Waals surface area (Å²) >= 11 is -0.277. The van der Waals surface area contributed by atoms with Crippen molar-refractivity contribution >= 4 is 19.2 Å². The van der Waals surface area contributed by atoms with Gasteiger partial charge in [0, 0.05) is 0 Å². The summed E-state index contributed by atoms with van der Waals surface area (Å²) in [5, 5.41) is 3.72. The van der Waals surface area contributed by atoms with Crippen molar-refractivity contribution in [3.8, 4) is 0 Å². The Bertz CT molecular complexity index is 1420. The molecule has 0 nitrogen and oxygen atoms in total. The van der Waals surface area contributed by atoms with E-state index in [2.05, 4.69) is 122 Å². The van der Waals surface area contributed by atoms with Gasteiger partial charge in [0.15, 0.2) is 0 Å². The fourth-order valence-corrected chi connectivity index (χ4v) is 18.1. The Kier molecular flexibility index (Phi) is 7.80. The third kappa shape index (κ3) is 4.34. The molecule has 0 aromatic heterocycles. The molecule has 0 unspecified atom stereocenters. The first kappa shape index (κ1) is 27.4. The molecule has 4 aromatic rings. The molecule has 7 rings (SSSR count). The third-order valence-electron chi connectivity index (χ3n) is 8.55. The quantitative estimate of drug-likeness (QED) is 0.323. The average molecular weight is 585 g/mol. The van der Waals surface area contributed by atoms with E-state index in [1.165, 1.54) is 11.1 Å². The number of benzene rings is 4. The van der Waals surface area contributed by atoms with Gasteiger partial charge >= 0.3 is 226 Å². The molecule has 0 spiro atoms. The second-order valence-electron chi connectivity index (χ2n) is 10.9. The Labute approximate surface area is 249 Å². The number of hydrogen-bond acceptors (Lipinski definition) is 0. The Morgan fingerprint density at radius 1 is 0.526 bits per heavy atom. The van der Waals surface area contributed by atoms with Crippen LogP contribution in [-0.4, -0.2) is 8.07 Å². The summed E-state index contributed by atoms with van der Waals surface area (Å²) < 4.78 is 1.36. The molecule has 3 aliphatic rings. The van der Waals surface area contributed by atoms with Gasteiger partial charge < -0.3 is 24.8 Å². The summed E-state index contributed by atoms with van der Waals surface area (Å²) in [6, 6.07) is 41.1. The van der Waals surface area contributed by atoms with Crippen LogP contribution in [0.3, 0.4) is 0 Å². The van der Waals surface area contributed by atoms with Crippen LogP contribution in [0.25, 0.3) is 11.1 Å². The van der Waals surface area contributed by atoms with Crippen LogP contribution < -0.4 is 24.8 Å². The molecular formula is C34H30Cl2SiTi. The molecule has 188 valence electrons. The average Bonchev–Trinajstić information content (AvgIpc) is 3.40. The van der Waals surface area contributed by atoms with E-state index in [1.807, 2.05) is 10.4 Å². The Hall–Kier alpha value is -2.13. The summed E-state index contributed by atoms with van der Waals surface area (Å²) in [5.74, 6) is 0. The normalized spacial score (nSPS) is 19.6. The van der Waals surface area contributed by atoms with E-state index in [0.29, 0.717) is 8.45 Å². The number of rotatable bonds is 4. The molecule has 1 aliphatic heterocycles. The number of fused-ring (bicyclic) bond motifs is 6. The standard InChI is InChI=1S/C34H30Si.2ClH.Ti/c1-35(2,33-23-27-17-9-11-19-29(27)31(33)21-25-13-5-3-6-14-25)34-24-28-18-10-12-20-30(28)32(34)22-26-15-7-4-8-16-26;;;/h3-20,23-24H,21-22H2,1-2H3;2*1H;/q;;;+2/p-2. The molecule has 0 radical (unpaired) electrons. The SMILES string of the molecule is C[Si]1(C)C2=C(Cc3ccccc3)c3ccccc3[C@@H]2[Ti+2][C@H]2C1=C(Cc1ccccc1)c1ccccc12.[Cl-].[Cl-]. The number of allylic oxidation sites excluding steroid dienone is 4. The van der Waals surface area contributed by atoms with Crippen LogP contribution in [0.5, 0.6) is 0 Å². The second-order valence-corrected chi connectivity index (χ2v) is 17.6. The number of halogens is 2. The van der Waals surface area contributed by atoms with Crippen molar-refractivity contribution in [1.82, 2.24) is 0 Å². The van der Waals surface area contributed by atoms with Gasteiger partial charge in [-0.25, -0.2) is 0 Å². The van der Waals surface area contributed by atoms with E-state index >= 15 is 0 Å². The fourth-order valence-electron chi connectivity index (χ4n) is 7.11. The van der Waals surface area contributed by atoms with Crippen LogP contribution in [0, 0.1) is 0 Å². The van der Waals surface area contributed by atoms with Gasteiger partial charge in [-0.15, -0.1) is 0 Å². The predicted octanol–water partition coefficient (Wildman–Crippen LogP) is 2.38. The molecule has 1 saturated heterocycles. The molecule has 2 aliphatic carbocycles. The van der Waals surface area contributed by atoms with E-state index in [4.69, 9.17) is 0 Å². The van der Waals surface area contributed by atoms with Crippen molar-refractivity contribution in [2.24, 2.45) is 0 Å². The van der Waals surface area contributed by atoms with Crippen molar-refractivity contribution in [3.63, 3.8) is 0 Å². The van der Waals surface area contributed by atoms with E-state index in [1.54, 1.807) is 33.4 Å². The van der Waals surface area contributed by atoms with Gasteiger partial charge in [-0.05, 0) is 0 Å². The third-order valence-corrected chi connectivity index (χ3v) is 16.2. The molecule has 38 heavy (non-hydrogen) atoms. The van der Waals surface area contributed by atoms with Crippen LogP contribution in [-0.2, 0) is 32.0 Å². The minimum absolute atomic E-state index is 0. The molecule has 0 saturated carbocycles. The van der Waals surface area contributed by atoms with Crippen molar-refractivity contribution in [2.45, 2.75) is 34.4 Å². The van der Waals surface area contributed by atoms with E-state index < -0.39 is 8.07 Å². The van der Waals surface area contributed by atoms with Gasteiger partial charge in [-0.3, -0.25) is 0 Å². The second kappa shape index (κ2) is 10.8. The summed E-state index contributed by atoms with van der Waals surface area (Å²) in [4.78, 5) is 0. The number of hydrogen-bond donors (Lipinski definition) is 0. The molecule has 0 bridgehead atoms. The summed E-state index contributed by atoms with van der Waals surface area (Å²) in [6.07, 6.45) is 2.12. The summed E-state index contributed by atoms with van der Waals surface area (Å²) in [5.41, 5.74) is 12.5. The van der Waals surface area contributed by atoms with Gasteiger partial charge in [0.1, 0.15) is 0 Å². The largest absolute Gasteiger partial charge is 1.00 e. The van der Waals surface area contributed by atoms with Gasteiger partial charge in [-0.1, -0.05) is 0 Å². The molecule has 0 N–H and O–H groups in total. The zero-order chi connectivity index (χ0) is 24.3.